The number of rotatable bonds is 3. The average Bonchev–Trinajstić information content (AvgIpc) is 2.81. The minimum absolute atomic E-state index is 0.0982. The maximum atomic E-state index is 12.7. The van der Waals surface area contributed by atoms with Gasteiger partial charge in [-0.15, -0.1) is 4.40 Å². The number of fused-ring (bicyclic) bond motifs is 1. The molecule has 0 spiro atoms. The van der Waals surface area contributed by atoms with Gasteiger partial charge in [-0.1, -0.05) is 24.0 Å². The monoisotopic (exact) mass is 461 g/mol. The van der Waals surface area contributed by atoms with Crippen LogP contribution in [-0.2, 0) is 19.6 Å². The number of nitrogens with zero attached hydrogens (tertiary/aromatic N) is 2. The third-order valence-electron chi connectivity index (χ3n) is 4.84. The summed E-state index contributed by atoms with van der Waals surface area (Å²) in [7, 11) is -2.13. The van der Waals surface area contributed by atoms with E-state index in [0.29, 0.717) is 33.8 Å². The number of methoxy groups -OCH3 is 1. The molecule has 0 atom stereocenters. The minimum Gasteiger partial charge on any atom is -0.465 e. The minimum atomic E-state index is -3.45. The Labute approximate surface area is 191 Å². The SMILES string of the molecule is COC(=O)c1cccc(C#Cc2cccc(NC(=O)C3=CN4CCS(=O)(=O)N=C4C=C3)c2)c1. The van der Waals surface area contributed by atoms with E-state index in [2.05, 4.69) is 21.6 Å². The van der Waals surface area contributed by atoms with Crippen LogP contribution in [-0.4, -0.2) is 50.4 Å². The van der Waals surface area contributed by atoms with Crippen molar-refractivity contribution in [3.8, 4) is 11.8 Å². The first-order valence-electron chi connectivity index (χ1n) is 9.94. The summed E-state index contributed by atoms with van der Waals surface area (Å²) in [6, 6.07) is 13.9. The number of hydrogen-bond acceptors (Lipinski definition) is 6. The second-order valence-electron chi connectivity index (χ2n) is 7.20. The molecular weight excluding hydrogens is 442 g/mol. The first-order valence-corrected chi connectivity index (χ1v) is 11.5. The van der Waals surface area contributed by atoms with Gasteiger partial charge in [0, 0.05) is 29.6 Å². The molecule has 2 aliphatic heterocycles. The fourth-order valence-corrected chi connectivity index (χ4v) is 4.17. The molecule has 8 nitrogen and oxygen atoms in total. The van der Waals surface area contributed by atoms with E-state index in [1.165, 1.54) is 19.3 Å². The van der Waals surface area contributed by atoms with Crippen molar-refractivity contribution in [3.63, 3.8) is 0 Å². The number of anilines is 1. The number of hydrogen-bond donors (Lipinski definition) is 1. The Morgan fingerprint density at radius 1 is 1.06 bits per heavy atom. The summed E-state index contributed by atoms with van der Waals surface area (Å²) in [5.74, 6) is 5.45. The lowest BCUT2D eigenvalue weighted by molar-refractivity contribution is -0.112. The van der Waals surface area contributed by atoms with Gasteiger partial charge in [-0.05, 0) is 48.6 Å². The Balaban J connectivity index is 1.47. The molecule has 0 saturated heterocycles. The van der Waals surface area contributed by atoms with E-state index in [-0.39, 0.29) is 18.2 Å². The lowest BCUT2D eigenvalue weighted by Crippen LogP contribution is -2.37. The molecule has 0 aliphatic carbocycles. The first-order chi connectivity index (χ1) is 15.8. The summed E-state index contributed by atoms with van der Waals surface area (Å²) in [5.41, 5.74) is 2.69. The van der Waals surface area contributed by atoms with Crippen molar-refractivity contribution < 1.29 is 22.7 Å². The number of esters is 1. The van der Waals surface area contributed by atoms with Gasteiger partial charge in [0.15, 0.2) is 0 Å². The smallest absolute Gasteiger partial charge is 0.337 e. The van der Waals surface area contributed by atoms with Crippen molar-refractivity contribution >= 4 is 33.4 Å². The Hall–Kier alpha value is -4.16. The van der Waals surface area contributed by atoms with Gasteiger partial charge < -0.3 is 15.0 Å². The van der Waals surface area contributed by atoms with Crippen LogP contribution in [0.25, 0.3) is 0 Å². The molecule has 0 saturated carbocycles. The third-order valence-corrected chi connectivity index (χ3v) is 6.01. The zero-order valence-electron chi connectivity index (χ0n) is 17.6. The molecule has 0 fully saturated rings. The quantitative estimate of drug-likeness (QED) is 0.556. The second kappa shape index (κ2) is 9.14. The number of carbonyl (C=O) groups excluding carboxylic acids is 2. The fraction of sp³-hybridized carbons (Fsp3) is 0.125. The molecule has 166 valence electrons. The molecule has 0 unspecified atom stereocenters. The molecule has 2 heterocycles. The summed E-state index contributed by atoms with van der Waals surface area (Å²) in [5, 5.41) is 2.82. The van der Waals surface area contributed by atoms with E-state index >= 15 is 0 Å². The Morgan fingerprint density at radius 2 is 1.79 bits per heavy atom. The largest absolute Gasteiger partial charge is 0.465 e. The zero-order valence-corrected chi connectivity index (χ0v) is 18.4. The lowest BCUT2D eigenvalue weighted by Gasteiger charge is -2.26. The van der Waals surface area contributed by atoms with Gasteiger partial charge >= 0.3 is 5.97 Å². The number of benzene rings is 2. The van der Waals surface area contributed by atoms with Crippen LogP contribution in [0.15, 0.2) is 76.9 Å². The van der Waals surface area contributed by atoms with E-state index in [9.17, 15) is 18.0 Å². The van der Waals surface area contributed by atoms with Crippen LogP contribution < -0.4 is 5.32 Å². The molecule has 1 N–H and O–H groups in total. The van der Waals surface area contributed by atoms with Gasteiger partial charge in [-0.3, -0.25) is 4.79 Å². The Kier molecular flexibility index (Phi) is 6.11. The molecule has 0 bridgehead atoms. The van der Waals surface area contributed by atoms with E-state index < -0.39 is 16.0 Å². The summed E-state index contributed by atoms with van der Waals surface area (Å²) < 4.78 is 31.7. The molecule has 33 heavy (non-hydrogen) atoms. The maximum absolute atomic E-state index is 12.7. The molecule has 0 aromatic heterocycles. The normalized spacial score (nSPS) is 15.8. The van der Waals surface area contributed by atoms with Crippen LogP contribution >= 0.6 is 0 Å². The number of carbonyl (C=O) groups is 2. The van der Waals surface area contributed by atoms with Crippen molar-refractivity contribution in [1.82, 2.24) is 4.90 Å². The summed E-state index contributed by atoms with van der Waals surface area (Å²) in [6.07, 6.45) is 4.63. The molecule has 2 aliphatic rings. The molecule has 0 radical (unpaired) electrons. The molecular formula is C24H19N3O5S. The van der Waals surface area contributed by atoms with Crippen LogP contribution in [0.5, 0.6) is 0 Å². The highest BCUT2D eigenvalue weighted by molar-refractivity contribution is 7.90. The van der Waals surface area contributed by atoms with Crippen LogP contribution in [0.2, 0.25) is 0 Å². The van der Waals surface area contributed by atoms with E-state index in [1.54, 1.807) is 53.6 Å². The molecule has 9 heteroatoms. The van der Waals surface area contributed by atoms with Gasteiger partial charge in [-0.2, -0.15) is 0 Å². The van der Waals surface area contributed by atoms with Crippen molar-refractivity contribution in [3.05, 3.63) is 89.1 Å². The van der Waals surface area contributed by atoms with Crippen LogP contribution in [0.1, 0.15) is 21.5 Å². The maximum Gasteiger partial charge on any atom is 0.337 e. The summed E-state index contributed by atoms with van der Waals surface area (Å²) in [6.45, 7) is 0.241. The third kappa shape index (κ3) is 5.37. The topological polar surface area (TPSA) is 105 Å². The number of amides is 1. The fourth-order valence-electron chi connectivity index (χ4n) is 3.20. The Morgan fingerprint density at radius 3 is 2.55 bits per heavy atom. The van der Waals surface area contributed by atoms with Gasteiger partial charge in [0.2, 0.25) is 0 Å². The van der Waals surface area contributed by atoms with Crippen molar-refractivity contribution in [2.75, 3.05) is 24.7 Å². The first kappa shape index (κ1) is 22.0. The molecule has 2 aromatic rings. The summed E-state index contributed by atoms with van der Waals surface area (Å²) in [4.78, 5) is 26.0. The van der Waals surface area contributed by atoms with Gasteiger partial charge in [0.05, 0.1) is 24.0 Å². The molecule has 1 amide bonds. The lowest BCUT2D eigenvalue weighted by atomic mass is 10.1. The molecule has 4 rings (SSSR count). The van der Waals surface area contributed by atoms with E-state index in [1.807, 2.05) is 6.07 Å². The highest BCUT2D eigenvalue weighted by Crippen LogP contribution is 2.18. The van der Waals surface area contributed by atoms with Crippen LogP contribution in [0, 0.1) is 11.8 Å². The number of sulfonamides is 1. The summed E-state index contributed by atoms with van der Waals surface area (Å²) >= 11 is 0. The van der Waals surface area contributed by atoms with Gasteiger partial charge in [0.1, 0.15) is 5.84 Å². The highest BCUT2D eigenvalue weighted by atomic mass is 32.2. The second-order valence-corrected chi connectivity index (χ2v) is 8.96. The number of amidine groups is 1. The van der Waals surface area contributed by atoms with Crippen LogP contribution in [0.4, 0.5) is 5.69 Å². The van der Waals surface area contributed by atoms with Gasteiger partial charge in [0.25, 0.3) is 15.9 Å². The predicted molar refractivity (Wildman–Crippen MR) is 124 cm³/mol. The van der Waals surface area contributed by atoms with Gasteiger partial charge in [-0.25, -0.2) is 13.2 Å². The average molecular weight is 461 g/mol. The van der Waals surface area contributed by atoms with Crippen molar-refractivity contribution in [1.29, 1.82) is 0 Å². The number of ether oxygens (including phenoxy) is 1. The van der Waals surface area contributed by atoms with E-state index in [4.69, 9.17) is 4.74 Å². The van der Waals surface area contributed by atoms with Crippen LogP contribution in [0.3, 0.4) is 0 Å². The number of nitrogens with one attached hydrogen (secondary N) is 1. The molecule has 2 aromatic carbocycles. The van der Waals surface area contributed by atoms with E-state index in [0.717, 1.165) is 0 Å². The standard InChI is InChI=1S/C24H19N3O5S/c1-32-24(29)19-6-2-4-17(14-19)8-9-18-5-3-7-21(15-18)25-23(28)20-10-11-22-26-33(30,31)13-12-27(22)16-20/h2-7,10-11,14-16H,12-13H2,1H3,(H,25,28). The van der Waals surface area contributed by atoms with Crippen molar-refractivity contribution in [2.24, 2.45) is 4.40 Å². The predicted octanol–water partition coefficient (Wildman–Crippen LogP) is 2.31. The van der Waals surface area contributed by atoms with Crippen molar-refractivity contribution in [2.45, 2.75) is 0 Å². The zero-order chi connectivity index (χ0) is 23.4. The highest BCUT2D eigenvalue weighted by Gasteiger charge is 2.25. The Bertz CT molecular complexity index is 1390.